The van der Waals surface area contributed by atoms with Gasteiger partial charge in [-0.1, -0.05) is 12.1 Å². The molecule has 1 aromatic carbocycles. The van der Waals surface area contributed by atoms with Crippen LogP contribution in [-0.2, 0) is 6.54 Å². The van der Waals surface area contributed by atoms with E-state index in [1.807, 2.05) is 32.3 Å². The minimum absolute atomic E-state index is 0.408. The highest BCUT2D eigenvalue weighted by molar-refractivity contribution is 5.58. The molecular weight excluding hydrogens is 328 g/mol. The molecule has 0 aliphatic carbocycles. The average molecular weight is 350 g/mol. The van der Waals surface area contributed by atoms with Crippen molar-refractivity contribution < 1.29 is 4.42 Å². The van der Waals surface area contributed by atoms with Crippen molar-refractivity contribution in [2.75, 3.05) is 25.0 Å². The van der Waals surface area contributed by atoms with Crippen molar-refractivity contribution in [1.29, 1.82) is 0 Å². The Morgan fingerprint density at radius 1 is 1.08 bits per heavy atom. The highest BCUT2D eigenvalue weighted by Gasteiger charge is 2.19. The Bertz CT molecular complexity index is 883. The molecule has 0 unspecified atom stereocenters. The molecule has 3 aromatic rings. The molecule has 0 amide bonds. The minimum atomic E-state index is 0.408. The maximum Gasteiger partial charge on any atom is 0.268 e. The monoisotopic (exact) mass is 350 g/mol. The van der Waals surface area contributed by atoms with Crippen molar-refractivity contribution in [2.24, 2.45) is 0 Å². The van der Waals surface area contributed by atoms with Crippen molar-refractivity contribution in [2.45, 2.75) is 26.3 Å². The molecule has 1 saturated heterocycles. The van der Waals surface area contributed by atoms with Crippen molar-refractivity contribution in [3.8, 4) is 23.0 Å². The zero-order chi connectivity index (χ0) is 17.9. The molecule has 134 valence electrons. The number of rotatable bonds is 5. The largest absolute Gasteiger partial charge is 0.415 e. The van der Waals surface area contributed by atoms with Gasteiger partial charge in [0.2, 0.25) is 5.89 Å². The summed E-state index contributed by atoms with van der Waals surface area (Å²) in [4.78, 5) is 11.4. The molecule has 26 heavy (non-hydrogen) atoms. The lowest BCUT2D eigenvalue weighted by Gasteiger charge is -2.16. The van der Waals surface area contributed by atoms with E-state index in [4.69, 9.17) is 9.40 Å². The van der Waals surface area contributed by atoms with E-state index in [2.05, 4.69) is 37.5 Å². The Morgan fingerprint density at radius 2 is 1.81 bits per heavy atom. The summed E-state index contributed by atoms with van der Waals surface area (Å²) < 4.78 is 5.90. The summed E-state index contributed by atoms with van der Waals surface area (Å²) in [5.74, 6) is 1.77. The second-order valence-electron chi connectivity index (χ2n) is 6.50. The summed E-state index contributed by atoms with van der Waals surface area (Å²) >= 11 is 0. The van der Waals surface area contributed by atoms with Crippen LogP contribution in [0.25, 0.3) is 23.0 Å². The van der Waals surface area contributed by atoms with Crippen molar-refractivity contribution in [1.82, 2.24) is 25.5 Å². The third kappa shape index (κ3) is 3.30. The van der Waals surface area contributed by atoms with Gasteiger partial charge in [-0.25, -0.2) is 4.98 Å². The topological polar surface area (TPSA) is 80.0 Å². The van der Waals surface area contributed by atoms with E-state index in [1.54, 1.807) is 0 Å². The molecule has 7 heteroatoms. The zero-order valence-electron chi connectivity index (χ0n) is 15.1. The van der Waals surface area contributed by atoms with E-state index in [0.29, 0.717) is 17.5 Å². The summed E-state index contributed by atoms with van der Waals surface area (Å²) in [6, 6.07) is 8.08. The van der Waals surface area contributed by atoms with Gasteiger partial charge in [-0.15, -0.1) is 10.2 Å². The van der Waals surface area contributed by atoms with Gasteiger partial charge < -0.3 is 14.6 Å². The molecule has 4 rings (SSSR count). The maximum atomic E-state index is 5.90. The fourth-order valence-electron chi connectivity index (χ4n) is 3.15. The summed E-state index contributed by atoms with van der Waals surface area (Å²) in [6.45, 7) is 4.77. The van der Waals surface area contributed by atoms with Crippen molar-refractivity contribution >= 4 is 5.82 Å². The lowest BCUT2D eigenvalue weighted by atomic mass is 10.1. The fraction of sp³-hybridized carbons (Fsp3) is 0.368. The van der Waals surface area contributed by atoms with E-state index in [9.17, 15) is 0 Å². The van der Waals surface area contributed by atoms with Crippen molar-refractivity contribution in [3.63, 3.8) is 0 Å². The molecular formula is C19H22N6O. The number of anilines is 1. The van der Waals surface area contributed by atoms with E-state index >= 15 is 0 Å². The predicted molar refractivity (Wildman–Crippen MR) is 99.7 cm³/mol. The smallest absolute Gasteiger partial charge is 0.268 e. The molecule has 0 bridgehead atoms. The van der Waals surface area contributed by atoms with E-state index in [0.717, 1.165) is 36.7 Å². The summed E-state index contributed by atoms with van der Waals surface area (Å²) in [5.41, 5.74) is 3.54. The number of hydrogen-bond donors (Lipinski definition) is 1. The van der Waals surface area contributed by atoms with Gasteiger partial charge in [0.05, 0.1) is 11.9 Å². The van der Waals surface area contributed by atoms with Crippen LogP contribution in [0.5, 0.6) is 0 Å². The Morgan fingerprint density at radius 3 is 2.54 bits per heavy atom. The normalized spacial score (nSPS) is 14.2. The average Bonchev–Trinajstić information content (AvgIpc) is 3.35. The van der Waals surface area contributed by atoms with Crippen LogP contribution in [0.3, 0.4) is 0 Å². The van der Waals surface area contributed by atoms with E-state index in [-0.39, 0.29) is 0 Å². The number of benzene rings is 1. The molecule has 0 radical (unpaired) electrons. The highest BCUT2D eigenvalue weighted by atomic mass is 16.4. The Balaban J connectivity index is 1.62. The van der Waals surface area contributed by atoms with Gasteiger partial charge >= 0.3 is 0 Å². The third-order valence-corrected chi connectivity index (χ3v) is 4.58. The molecule has 1 aliphatic heterocycles. The third-order valence-electron chi connectivity index (χ3n) is 4.58. The quantitative estimate of drug-likeness (QED) is 0.758. The summed E-state index contributed by atoms with van der Waals surface area (Å²) in [7, 11) is 1.93. The molecule has 2 aromatic heterocycles. The van der Waals surface area contributed by atoms with Gasteiger partial charge in [0, 0.05) is 25.2 Å². The molecule has 0 spiro atoms. The van der Waals surface area contributed by atoms with Crippen LogP contribution in [0.4, 0.5) is 5.82 Å². The first-order chi connectivity index (χ1) is 12.7. The zero-order valence-corrected chi connectivity index (χ0v) is 15.1. The first-order valence-corrected chi connectivity index (χ1v) is 8.91. The molecule has 0 atom stereocenters. The highest BCUT2D eigenvalue weighted by Crippen LogP contribution is 2.27. The first kappa shape index (κ1) is 16.7. The second-order valence-corrected chi connectivity index (χ2v) is 6.50. The van der Waals surface area contributed by atoms with Gasteiger partial charge in [-0.05, 0) is 44.5 Å². The molecule has 1 fully saturated rings. The van der Waals surface area contributed by atoms with Crippen LogP contribution in [0.1, 0.15) is 24.1 Å². The lowest BCUT2D eigenvalue weighted by molar-refractivity contribution is 0.581. The van der Waals surface area contributed by atoms with Crippen molar-refractivity contribution in [3.05, 3.63) is 41.7 Å². The van der Waals surface area contributed by atoms with Crippen LogP contribution in [-0.4, -0.2) is 40.3 Å². The fourth-order valence-corrected chi connectivity index (χ4v) is 3.15. The molecule has 1 aliphatic rings. The Labute approximate surface area is 152 Å². The number of aromatic nitrogens is 4. The number of aryl methyl sites for hydroxylation is 1. The summed E-state index contributed by atoms with van der Waals surface area (Å²) in [5, 5.41) is 11.5. The Hall–Kier alpha value is -2.80. The maximum absolute atomic E-state index is 5.90. The van der Waals surface area contributed by atoms with Crippen LogP contribution >= 0.6 is 0 Å². The molecule has 0 saturated carbocycles. The first-order valence-electron chi connectivity index (χ1n) is 8.91. The van der Waals surface area contributed by atoms with E-state index < -0.39 is 0 Å². The van der Waals surface area contributed by atoms with Gasteiger partial charge in [0.25, 0.3) is 5.89 Å². The van der Waals surface area contributed by atoms with Crippen LogP contribution in [0.15, 0.2) is 34.9 Å². The SMILES string of the molecule is CNCc1ccc(-c2nnc(-c3nc(N4CCCC4)cnc3C)o2)cc1. The number of hydrogen-bond acceptors (Lipinski definition) is 7. The van der Waals surface area contributed by atoms with Crippen LogP contribution in [0.2, 0.25) is 0 Å². The number of nitrogens with one attached hydrogen (secondary N) is 1. The van der Waals surface area contributed by atoms with Crippen LogP contribution < -0.4 is 10.2 Å². The van der Waals surface area contributed by atoms with Gasteiger partial charge in [-0.2, -0.15) is 0 Å². The van der Waals surface area contributed by atoms with E-state index in [1.165, 1.54) is 18.4 Å². The van der Waals surface area contributed by atoms with Gasteiger partial charge in [-0.3, -0.25) is 4.98 Å². The minimum Gasteiger partial charge on any atom is -0.415 e. The summed E-state index contributed by atoms with van der Waals surface area (Å²) in [6.07, 6.45) is 4.21. The standard InChI is InChI=1S/C19H22N6O/c1-13-17(22-16(12-21-13)25-9-3-4-10-25)19-24-23-18(26-19)15-7-5-14(6-8-15)11-20-2/h5-8,12,20H,3-4,9-11H2,1-2H3. The second kappa shape index (κ2) is 7.21. The van der Waals surface area contributed by atoms with Gasteiger partial charge in [0.1, 0.15) is 5.82 Å². The Kier molecular flexibility index (Phi) is 4.62. The molecule has 1 N–H and O–H groups in total. The predicted octanol–water partition coefficient (Wildman–Crippen LogP) is 2.82. The lowest BCUT2D eigenvalue weighted by Crippen LogP contribution is -2.19. The van der Waals surface area contributed by atoms with Crippen LogP contribution in [0, 0.1) is 6.92 Å². The number of nitrogens with zero attached hydrogens (tertiary/aromatic N) is 5. The van der Waals surface area contributed by atoms with Gasteiger partial charge in [0.15, 0.2) is 5.69 Å². The molecule has 7 nitrogen and oxygen atoms in total. The molecule has 3 heterocycles.